The smallest absolute Gasteiger partial charge is 0.326 e. The molecule has 0 saturated carbocycles. The van der Waals surface area contributed by atoms with E-state index in [0.717, 1.165) is 4.90 Å². The van der Waals surface area contributed by atoms with E-state index in [1.807, 2.05) is 0 Å². The Bertz CT molecular complexity index is 801. The number of amides is 5. The Kier molecular flexibility index (Phi) is 9.52. The topological polar surface area (TPSA) is 265 Å². The first-order valence-corrected chi connectivity index (χ1v) is 9.51. The van der Waals surface area contributed by atoms with E-state index in [1.54, 1.807) is 0 Å². The molecule has 32 heavy (non-hydrogen) atoms. The van der Waals surface area contributed by atoms with Crippen molar-refractivity contribution in [2.24, 2.45) is 17.2 Å². The summed E-state index contributed by atoms with van der Waals surface area (Å²) >= 11 is 0. The van der Waals surface area contributed by atoms with Crippen molar-refractivity contribution >= 4 is 41.5 Å². The minimum absolute atomic E-state index is 0.0468. The molecule has 1 heterocycles. The number of nitrogens with two attached hydrogens (primary N) is 3. The van der Waals surface area contributed by atoms with Crippen molar-refractivity contribution in [2.45, 2.75) is 56.3 Å². The van der Waals surface area contributed by atoms with Crippen LogP contribution < -0.4 is 27.8 Å². The molecule has 1 aliphatic rings. The fourth-order valence-electron chi connectivity index (χ4n) is 3.13. The molecule has 0 aliphatic carbocycles. The Balaban J connectivity index is 3.02. The number of rotatable bonds is 12. The van der Waals surface area contributed by atoms with Gasteiger partial charge in [0.25, 0.3) is 0 Å². The monoisotopic (exact) mass is 458 g/mol. The summed E-state index contributed by atoms with van der Waals surface area (Å²) in [6.45, 7) is 0.0468. The molecule has 0 aromatic heterocycles. The number of carboxylic acid groups (broad SMARTS) is 2. The maximum atomic E-state index is 12.8. The summed E-state index contributed by atoms with van der Waals surface area (Å²) in [6.07, 6.45) is -1.63. The number of carbonyl (C=O) groups excluding carboxylic acids is 5. The molecule has 1 fully saturated rings. The minimum atomic E-state index is -1.67. The summed E-state index contributed by atoms with van der Waals surface area (Å²) < 4.78 is 0. The van der Waals surface area contributed by atoms with Crippen LogP contribution in [0.1, 0.15) is 32.1 Å². The van der Waals surface area contributed by atoms with E-state index < -0.39 is 84.9 Å². The summed E-state index contributed by atoms with van der Waals surface area (Å²) in [5.41, 5.74) is 15.5. The average molecular weight is 458 g/mol. The van der Waals surface area contributed by atoms with E-state index in [9.17, 15) is 38.7 Å². The molecule has 5 amide bonds. The van der Waals surface area contributed by atoms with Gasteiger partial charge >= 0.3 is 11.9 Å². The van der Waals surface area contributed by atoms with Crippen LogP contribution in [0.15, 0.2) is 0 Å². The van der Waals surface area contributed by atoms with E-state index in [1.165, 1.54) is 0 Å². The molecule has 10 N–H and O–H groups in total. The van der Waals surface area contributed by atoms with Crippen LogP contribution in [-0.4, -0.2) is 87.3 Å². The number of carbonyl (C=O) groups is 7. The summed E-state index contributed by atoms with van der Waals surface area (Å²) in [5, 5.41) is 22.6. The van der Waals surface area contributed by atoms with Crippen molar-refractivity contribution in [3.8, 4) is 0 Å². The second-order valence-corrected chi connectivity index (χ2v) is 7.20. The van der Waals surface area contributed by atoms with E-state index >= 15 is 0 Å². The lowest BCUT2D eigenvalue weighted by Crippen LogP contribution is -2.58. The number of carboxylic acids is 2. The molecule has 1 aliphatic heterocycles. The predicted octanol–water partition coefficient (Wildman–Crippen LogP) is -4.42. The van der Waals surface area contributed by atoms with Gasteiger partial charge in [-0.15, -0.1) is 0 Å². The first-order chi connectivity index (χ1) is 14.8. The molecular formula is C17H26N6O9. The number of likely N-dealkylation sites (tertiary alicyclic amines) is 1. The Hall–Kier alpha value is -3.75. The van der Waals surface area contributed by atoms with Gasteiger partial charge in [0.05, 0.1) is 25.3 Å². The highest BCUT2D eigenvalue weighted by molar-refractivity contribution is 5.97. The largest absolute Gasteiger partial charge is 0.481 e. The molecule has 1 saturated heterocycles. The van der Waals surface area contributed by atoms with Gasteiger partial charge in [0.2, 0.25) is 29.5 Å². The van der Waals surface area contributed by atoms with Crippen molar-refractivity contribution in [3.05, 3.63) is 0 Å². The molecular weight excluding hydrogens is 432 g/mol. The zero-order chi connectivity index (χ0) is 24.6. The van der Waals surface area contributed by atoms with Crippen LogP contribution in [0.4, 0.5) is 0 Å². The van der Waals surface area contributed by atoms with E-state index in [-0.39, 0.29) is 13.0 Å². The quantitative estimate of drug-likeness (QED) is 0.147. The third kappa shape index (κ3) is 7.82. The van der Waals surface area contributed by atoms with Gasteiger partial charge in [0.1, 0.15) is 18.1 Å². The van der Waals surface area contributed by atoms with Gasteiger partial charge in [0, 0.05) is 6.54 Å². The van der Waals surface area contributed by atoms with Crippen LogP contribution in [0.25, 0.3) is 0 Å². The van der Waals surface area contributed by atoms with Crippen molar-refractivity contribution in [1.82, 2.24) is 15.5 Å². The Labute approximate surface area is 181 Å². The molecule has 178 valence electrons. The summed E-state index contributed by atoms with van der Waals surface area (Å²) in [7, 11) is 0. The summed E-state index contributed by atoms with van der Waals surface area (Å²) in [5.74, 6) is -7.74. The molecule has 0 aromatic carbocycles. The number of primary amides is 2. The molecule has 15 nitrogen and oxygen atoms in total. The van der Waals surface area contributed by atoms with Gasteiger partial charge in [-0.25, -0.2) is 4.79 Å². The van der Waals surface area contributed by atoms with Crippen molar-refractivity contribution < 1.29 is 43.8 Å². The summed E-state index contributed by atoms with van der Waals surface area (Å²) in [6, 6.07) is -5.93. The Morgan fingerprint density at radius 3 is 1.94 bits per heavy atom. The van der Waals surface area contributed by atoms with Crippen molar-refractivity contribution in [2.75, 3.05) is 6.54 Å². The number of nitrogens with one attached hydrogen (secondary N) is 2. The van der Waals surface area contributed by atoms with Crippen LogP contribution in [-0.2, 0) is 33.6 Å². The SMILES string of the molecule is NC(=O)CC(N)C(=O)NC(CC(N)=O)C(=O)NC(CC(=O)O)C(=O)N1CCCC1C(=O)O. The van der Waals surface area contributed by atoms with E-state index in [4.69, 9.17) is 22.3 Å². The number of hydrogen-bond donors (Lipinski definition) is 7. The first kappa shape index (κ1) is 26.3. The van der Waals surface area contributed by atoms with Crippen LogP contribution >= 0.6 is 0 Å². The standard InChI is InChI=1S/C17H26N6O9/c18-7(4-11(19)24)14(28)21-8(5-12(20)25)15(29)22-9(6-13(26)27)16(30)23-3-1-2-10(23)17(31)32/h7-10H,1-6,18H2,(H2,19,24)(H2,20,25)(H,21,28)(H,22,29)(H,26,27)(H,31,32). The third-order valence-corrected chi connectivity index (χ3v) is 4.61. The molecule has 0 aromatic rings. The minimum Gasteiger partial charge on any atom is -0.481 e. The third-order valence-electron chi connectivity index (χ3n) is 4.61. The highest BCUT2D eigenvalue weighted by Crippen LogP contribution is 2.19. The predicted molar refractivity (Wildman–Crippen MR) is 104 cm³/mol. The second kappa shape index (κ2) is 11.6. The lowest BCUT2D eigenvalue weighted by Gasteiger charge is -2.28. The normalized spacial score (nSPS) is 18.2. The number of hydrogen-bond acceptors (Lipinski definition) is 8. The lowest BCUT2D eigenvalue weighted by molar-refractivity contribution is -0.150. The zero-order valence-electron chi connectivity index (χ0n) is 17.0. The van der Waals surface area contributed by atoms with Crippen molar-refractivity contribution in [3.63, 3.8) is 0 Å². The number of nitrogens with zero attached hydrogens (tertiary/aromatic N) is 1. The van der Waals surface area contributed by atoms with E-state index in [2.05, 4.69) is 10.6 Å². The van der Waals surface area contributed by atoms with Gasteiger partial charge < -0.3 is 42.9 Å². The average Bonchev–Trinajstić information content (AvgIpc) is 3.15. The van der Waals surface area contributed by atoms with Crippen molar-refractivity contribution in [1.29, 1.82) is 0 Å². The lowest BCUT2D eigenvalue weighted by atomic mass is 10.1. The Morgan fingerprint density at radius 1 is 0.875 bits per heavy atom. The Morgan fingerprint density at radius 2 is 1.44 bits per heavy atom. The van der Waals surface area contributed by atoms with Crippen LogP contribution in [0.2, 0.25) is 0 Å². The fraction of sp³-hybridized carbons (Fsp3) is 0.588. The highest BCUT2D eigenvalue weighted by atomic mass is 16.4. The molecule has 4 unspecified atom stereocenters. The molecule has 0 bridgehead atoms. The molecule has 0 radical (unpaired) electrons. The molecule has 15 heteroatoms. The van der Waals surface area contributed by atoms with Crippen LogP contribution in [0, 0.1) is 0 Å². The van der Waals surface area contributed by atoms with Gasteiger partial charge in [-0.2, -0.15) is 0 Å². The fourth-order valence-corrected chi connectivity index (χ4v) is 3.13. The number of aliphatic carboxylic acids is 2. The van der Waals surface area contributed by atoms with Gasteiger partial charge in [-0.05, 0) is 12.8 Å². The molecule has 4 atom stereocenters. The van der Waals surface area contributed by atoms with E-state index in [0.29, 0.717) is 6.42 Å². The molecule has 1 rings (SSSR count). The van der Waals surface area contributed by atoms with Crippen LogP contribution in [0.3, 0.4) is 0 Å². The van der Waals surface area contributed by atoms with Gasteiger partial charge in [0.15, 0.2) is 0 Å². The highest BCUT2D eigenvalue weighted by Gasteiger charge is 2.39. The maximum absolute atomic E-state index is 12.8. The zero-order valence-corrected chi connectivity index (χ0v) is 17.0. The second-order valence-electron chi connectivity index (χ2n) is 7.20. The maximum Gasteiger partial charge on any atom is 0.326 e. The van der Waals surface area contributed by atoms with Gasteiger partial charge in [-0.3, -0.25) is 28.8 Å². The van der Waals surface area contributed by atoms with Gasteiger partial charge in [-0.1, -0.05) is 0 Å². The van der Waals surface area contributed by atoms with Crippen LogP contribution in [0.5, 0.6) is 0 Å². The molecule has 0 spiro atoms. The summed E-state index contributed by atoms with van der Waals surface area (Å²) in [4.78, 5) is 83.2. The first-order valence-electron chi connectivity index (χ1n) is 9.51.